The van der Waals surface area contributed by atoms with E-state index in [2.05, 4.69) is 49.7 Å². The summed E-state index contributed by atoms with van der Waals surface area (Å²) in [6, 6.07) is 1.07. The van der Waals surface area contributed by atoms with E-state index in [-0.39, 0.29) is 12.1 Å². The Labute approximate surface area is 119 Å². The van der Waals surface area contributed by atoms with Gasteiger partial charge in [0.25, 0.3) is 0 Å². The van der Waals surface area contributed by atoms with Gasteiger partial charge < -0.3 is 15.3 Å². The third-order valence-electron chi connectivity index (χ3n) is 4.10. The van der Waals surface area contributed by atoms with Crippen LogP contribution in [0.5, 0.6) is 0 Å². The summed E-state index contributed by atoms with van der Waals surface area (Å²) in [5, 5.41) is 13.1. The second-order valence-electron chi connectivity index (χ2n) is 6.74. The van der Waals surface area contributed by atoms with Gasteiger partial charge in [-0.15, -0.1) is 0 Å². The molecule has 0 bridgehead atoms. The van der Waals surface area contributed by atoms with E-state index in [0.717, 1.165) is 26.1 Å². The molecular formula is C15H33N3O. The van der Waals surface area contributed by atoms with Crippen molar-refractivity contribution in [3.8, 4) is 0 Å². The van der Waals surface area contributed by atoms with Crippen molar-refractivity contribution in [2.45, 2.75) is 58.7 Å². The molecule has 1 fully saturated rings. The Morgan fingerprint density at radius 3 is 2.11 bits per heavy atom. The molecule has 1 saturated heterocycles. The molecule has 0 aromatic heterocycles. The molecule has 0 amide bonds. The van der Waals surface area contributed by atoms with Gasteiger partial charge in [0.15, 0.2) is 0 Å². The Hall–Kier alpha value is -0.160. The fourth-order valence-electron chi connectivity index (χ4n) is 2.80. The summed E-state index contributed by atoms with van der Waals surface area (Å²) in [5.41, 5.74) is -0.149. The SMILES string of the molecule is CC(C)NC(C)(CO)CCN1CCN(C(C)C)CC1. The van der Waals surface area contributed by atoms with Crippen molar-refractivity contribution in [2.24, 2.45) is 0 Å². The van der Waals surface area contributed by atoms with E-state index in [1.165, 1.54) is 13.1 Å². The molecule has 0 saturated carbocycles. The molecular weight excluding hydrogens is 238 g/mol. The first kappa shape index (κ1) is 16.9. The Morgan fingerprint density at radius 2 is 1.68 bits per heavy atom. The molecule has 2 N–H and O–H groups in total. The van der Waals surface area contributed by atoms with Crippen LogP contribution in [-0.4, -0.2) is 71.9 Å². The lowest BCUT2D eigenvalue weighted by Crippen LogP contribution is -2.53. The van der Waals surface area contributed by atoms with E-state index in [1.54, 1.807) is 0 Å². The quantitative estimate of drug-likeness (QED) is 0.729. The molecule has 1 aliphatic heterocycles. The predicted molar refractivity (Wildman–Crippen MR) is 81.5 cm³/mol. The second kappa shape index (κ2) is 7.58. The summed E-state index contributed by atoms with van der Waals surface area (Å²) in [4.78, 5) is 5.06. The second-order valence-corrected chi connectivity index (χ2v) is 6.74. The van der Waals surface area contributed by atoms with Crippen LogP contribution in [0.25, 0.3) is 0 Å². The van der Waals surface area contributed by atoms with Crippen LogP contribution in [0.1, 0.15) is 41.0 Å². The van der Waals surface area contributed by atoms with Crippen molar-refractivity contribution < 1.29 is 5.11 Å². The normalized spacial score (nSPS) is 22.1. The maximum atomic E-state index is 9.59. The summed E-state index contributed by atoms with van der Waals surface area (Å²) in [7, 11) is 0. The molecule has 0 aliphatic carbocycles. The molecule has 1 rings (SSSR count). The van der Waals surface area contributed by atoms with Gasteiger partial charge in [0.1, 0.15) is 0 Å². The van der Waals surface area contributed by atoms with Crippen LogP contribution in [0.3, 0.4) is 0 Å². The fourth-order valence-corrected chi connectivity index (χ4v) is 2.80. The number of hydrogen-bond acceptors (Lipinski definition) is 4. The Balaban J connectivity index is 2.32. The monoisotopic (exact) mass is 271 g/mol. The Kier molecular flexibility index (Phi) is 6.74. The van der Waals surface area contributed by atoms with E-state index in [1.807, 2.05) is 0 Å². The van der Waals surface area contributed by atoms with Crippen LogP contribution < -0.4 is 5.32 Å². The van der Waals surface area contributed by atoms with Gasteiger partial charge in [0.05, 0.1) is 6.61 Å². The molecule has 1 heterocycles. The third-order valence-corrected chi connectivity index (χ3v) is 4.10. The van der Waals surface area contributed by atoms with Gasteiger partial charge in [-0.2, -0.15) is 0 Å². The van der Waals surface area contributed by atoms with Gasteiger partial charge in [-0.3, -0.25) is 4.90 Å². The Bertz CT molecular complexity index is 250. The van der Waals surface area contributed by atoms with E-state index in [4.69, 9.17) is 0 Å². The first-order valence-corrected chi connectivity index (χ1v) is 7.71. The van der Waals surface area contributed by atoms with Crippen molar-refractivity contribution in [1.82, 2.24) is 15.1 Å². The van der Waals surface area contributed by atoms with Gasteiger partial charge >= 0.3 is 0 Å². The van der Waals surface area contributed by atoms with Gasteiger partial charge in [-0.05, 0) is 27.2 Å². The van der Waals surface area contributed by atoms with Gasteiger partial charge in [-0.1, -0.05) is 13.8 Å². The van der Waals surface area contributed by atoms with Crippen LogP contribution in [0.2, 0.25) is 0 Å². The molecule has 1 atom stereocenters. The highest BCUT2D eigenvalue weighted by Crippen LogP contribution is 2.13. The average molecular weight is 271 g/mol. The van der Waals surface area contributed by atoms with E-state index < -0.39 is 0 Å². The number of nitrogens with zero attached hydrogens (tertiary/aromatic N) is 2. The molecule has 0 aromatic rings. The minimum Gasteiger partial charge on any atom is -0.394 e. The molecule has 4 nitrogen and oxygen atoms in total. The van der Waals surface area contributed by atoms with Crippen molar-refractivity contribution in [3.05, 3.63) is 0 Å². The zero-order valence-corrected chi connectivity index (χ0v) is 13.4. The highest BCUT2D eigenvalue weighted by molar-refractivity contribution is 4.86. The number of piperazine rings is 1. The smallest absolute Gasteiger partial charge is 0.0611 e. The first-order valence-electron chi connectivity index (χ1n) is 7.71. The molecule has 0 radical (unpaired) electrons. The minimum absolute atomic E-state index is 0.149. The zero-order valence-electron chi connectivity index (χ0n) is 13.4. The average Bonchev–Trinajstić information content (AvgIpc) is 2.36. The van der Waals surface area contributed by atoms with E-state index >= 15 is 0 Å². The van der Waals surface area contributed by atoms with Gasteiger partial charge in [0, 0.05) is 50.3 Å². The highest BCUT2D eigenvalue weighted by Gasteiger charge is 2.26. The lowest BCUT2D eigenvalue weighted by Gasteiger charge is -2.39. The lowest BCUT2D eigenvalue weighted by atomic mass is 9.97. The summed E-state index contributed by atoms with van der Waals surface area (Å²) < 4.78 is 0. The molecule has 4 heteroatoms. The first-order chi connectivity index (χ1) is 8.86. The summed E-state index contributed by atoms with van der Waals surface area (Å²) in [6.07, 6.45) is 1.00. The zero-order chi connectivity index (χ0) is 14.5. The molecule has 19 heavy (non-hydrogen) atoms. The standard InChI is InChI=1S/C15H33N3O/c1-13(2)16-15(5,12-19)6-7-17-8-10-18(11-9-17)14(3)4/h13-14,16,19H,6-12H2,1-5H3. The molecule has 0 spiro atoms. The largest absolute Gasteiger partial charge is 0.394 e. The topological polar surface area (TPSA) is 38.7 Å². The molecule has 114 valence electrons. The van der Waals surface area contributed by atoms with Crippen molar-refractivity contribution in [3.63, 3.8) is 0 Å². The summed E-state index contributed by atoms with van der Waals surface area (Å²) >= 11 is 0. The minimum atomic E-state index is -0.149. The fraction of sp³-hybridized carbons (Fsp3) is 1.00. The van der Waals surface area contributed by atoms with Crippen LogP contribution in [0, 0.1) is 0 Å². The summed E-state index contributed by atoms with van der Waals surface area (Å²) in [6.45, 7) is 16.9. The van der Waals surface area contributed by atoms with Crippen LogP contribution in [0.4, 0.5) is 0 Å². The molecule has 1 unspecified atom stereocenters. The van der Waals surface area contributed by atoms with Crippen molar-refractivity contribution in [2.75, 3.05) is 39.3 Å². The molecule has 1 aliphatic rings. The summed E-state index contributed by atoms with van der Waals surface area (Å²) in [5.74, 6) is 0. The Morgan fingerprint density at radius 1 is 1.11 bits per heavy atom. The highest BCUT2D eigenvalue weighted by atomic mass is 16.3. The van der Waals surface area contributed by atoms with Crippen molar-refractivity contribution in [1.29, 1.82) is 0 Å². The number of hydrogen-bond donors (Lipinski definition) is 2. The molecule has 0 aromatic carbocycles. The number of aliphatic hydroxyl groups excluding tert-OH is 1. The van der Waals surface area contributed by atoms with Gasteiger partial charge in [-0.25, -0.2) is 0 Å². The van der Waals surface area contributed by atoms with E-state index in [9.17, 15) is 5.11 Å². The number of rotatable bonds is 7. The predicted octanol–water partition coefficient (Wildman–Crippen LogP) is 1.15. The number of nitrogens with one attached hydrogen (secondary N) is 1. The third kappa shape index (κ3) is 5.78. The maximum absolute atomic E-state index is 9.59. The maximum Gasteiger partial charge on any atom is 0.0611 e. The van der Waals surface area contributed by atoms with Crippen LogP contribution in [0.15, 0.2) is 0 Å². The lowest BCUT2D eigenvalue weighted by molar-refractivity contribution is 0.0890. The van der Waals surface area contributed by atoms with Crippen LogP contribution >= 0.6 is 0 Å². The van der Waals surface area contributed by atoms with Gasteiger partial charge in [0.2, 0.25) is 0 Å². The van der Waals surface area contributed by atoms with Crippen LogP contribution in [-0.2, 0) is 0 Å². The van der Waals surface area contributed by atoms with Crippen molar-refractivity contribution >= 4 is 0 Å². The number of aliphatic hydroxyl groups is 1. The van der Waals surface area contributed by atoms with E-state index in [0.29, 0.717) is 12.1 Å².